The number of nitriles is 1. The van der Waals surface area contributed by atoms with Crippen LogP contribution >= 0.6 is 0 Å². The van der Waals surface area contributed by atoms with Crippen molar-refractivity contribution in [2.24, 2.45) is 0 Å². The summed E-state index contributed by atoms with van der Waals surface area (Å²) in [5, 5.41) is 12.9. The molecule has 4 aromatic rings. The third kappa shape index (κ3) is 2.52. The van der Waals surface area contributed by atoms with Gasteiger partial charge in [-0.1, -0.05) is 18.2 Å². The number of hydrogen-bond donors (Lipinski definition) is 2. The molecule has 0 aliphatic heterocycles. The maximum atomic E-state index is 9.52. The van der Waals surface area contributed by atoms with E-state index in [1.165, 1.54) is 0 Å². The number of rotatable bonds is 3. The predicted molar refractivity (Wildman–Crippen MR) is 98.1 cm³/mol. The van der Waals surface area contributed by atoms with E-state index in [9.17, 15) is 5.26 Å². The summed E-state index contributed by atoms with van der Waals surface area (Å²) >= 11 is 0. The van der Waals surface area contributed by atoms with Crippen LogP contribution < -0.4 is 11.1 Å². The van der Waals surface area contributed by atoms with E-state index in [1.807, 2.05) is 53.8 Å². The molecule has 0 aliphatic carbocycles. The molecule has 0 fully saturated rings. The number of nitrogens with one attached hydrogen (secondary N) is 1. The molecule has 0 unspecified atom stereocenters. The highest BCUT2D eigenvalue weighted by Gasteiger charge is 2.14. The molecule has 0 bridgehead atoms. The van der Waals surface area contributed by atoms with Gasteiger partial charge in [0.05, 0.1) is 28.8 Å². The van der Waals surface area contributed by atoms with Gasteiger partial charge in [0.1, 0.15) is 17.7 Å². The molecular formula is C19H16N6. The van der Waals surface area contributed by atoms with Crippen molar-refractivity contribution in [3.8, 4) is 6.07 Å². The van der Waals surface area contributed by atoms with Crippen molar-refractivity contribution < 1.29 is 0 Å². The number of pyridine rings is 2. The minimum absolute atomic E-state index is 0.494. The molecule has 0 radical (unpaired) electrons. The number of imidazole rings is 1. The highest BCUT2D eigenvalue weighted by molar-refractivity contribution is 5.85. The highest BCUT2D eigenvalue weighted by atomic mass is 15.1. The lowest BCUT2D eigenvalue weighted by atomic mass is 10.1. The van der Waals surface area contributed by atoms with Crippen LogP contribution in [0, 0.1) is 18.3 Å². The fraction of sp³-hybridized carbons (Fsp3) is 0.105. The van der Waals surface area contributed by atoms with Gasteiger partial charge in [0.15, 0.2) is 5.65 Å². The molecule has 0 atom stereocenters. The zero-order valence-corrected chi connectivity index (χ0v) is 13.7. The Morgan fingerprint density at radius 3 is 2.80 bits per heavy atom. The molecule has 0 spiro atoms. The summed E-state index contributed by atoms with van der Waals surface area (Å²) in [5.74, 6) is 1.36. The van der Waals surface area contributed by atoms with Gasteiger partial charge < -0.3 is 11.1 Å². The van der Waals surface area contributed by atoms with Crippen molar-refractivity contribution >= 4 is 28.3 Å². The second kappa shape index (κ2) is 5.80. The molecule has 6 nitrogen and oxygen atoms in total. The average molecular weight is 328 g/mol. The summed E-state index contributed by atoms with van der Waals surface area (Å²) in [6, 6.07) is 17.6. The van der Waals surface area contributed by atoms with Gasteiger partial charge >= 0.3 is 0 Å². The zero-order valence-electron chi connectivity index (χ0n) is 13.7. The third-order valence-corrected chi connectivity index (χ3v) is 4.16. The number of aryl methyl sites for hydroxylation is 1. The first-order valence-corrected chi connectivity index (χ1v) is 7.93. The normalized spacial score (nSPS) is 10.9. The van der Waals surface area contributed by atoms with E-state index in [2.05, 4.69) is 21.4 Å². The summed E-state index contributed by atoms with van der Waals surface area (Å²) in [4.78, 5) is 8.95. The van der Waals surface area contributed by atoms with Crippen LogP contribution in [0.15, 0.2) is 48.5 Å². The van der Waals surface area contributed by atoms with Crippen molar-refractivity contribution in [3.05, 3.63) is 65.4 Å². The Balaban J connectivity index is 1.87. The van der Waals surface area contributed by atoms with Gasteiger partial charge in [-0.15, -0.1) is 0 Å². The first-order valence-electron chi connectivity index (χ1n) is 7.93. The van der Waals surface area contributed by atoms with Crippen LogP contribution in [0.4, 0.5) is 11.6 Å². The number of nitrogens with zero attached hydrogens (tertiary/aromatic N) is 4. The first kappa shape index (κ1) is 15.0. The topological polar surface area (TPSA) is 92.0 Å². The van der Waals surface area contributed by atoms with E-state index in [1.54, 1.807) is 6.07 Å². The molecule has 122 valence electrons. The molecule has 6 heteroatoms. The SMILES string of the molecule is Cc1cc(NCc2cccc(N)n2)n2c(nc3ccccc32)c1C#N. The molecule has 0 amide bonds. The Hall–Kier alpha value is -3.59. The Morgan fingerprint density at radius 1 is 1.16 bits per heavy atom. The van der Waals surface area contributed by atoms with Gasteiger partial charge in [-0.3, -0.25) is 4.40 Å². The highest BCUT2D eigenvalue weighted by Crippen LogP contribution is 2.26. The first-order chi connectivity index (χ1) is 12.2. The van der Waals surface area contributed by atoms with E-state index < -0.39 is 0 Å². The van der Waals surface area contributed by atoms with E-state index in [0.717, 1.165) is 28.1 Å². The Kier molecular flexibility index (Phi) is 3.47. The molecular weight excluding hydrogens is 312 g/mol. The van der Waals surface area contributed by atoms with Crippen molar-refractivity contribution in [3.63, 3.8) is 0 Å². The summed E-state index contributed by atoms with van der Waals surface area (Å²) in [7, 11) is 0. The van der Waals surface area contributed by atoms with Gasteiger partial charge in [-0.2, -0.15) is 5.26 Å². The van der Waals surface area contributed by atoms with Crippen LogP contribution in [-0.2, 0) is 6.54 Å². The van der Waals surface area contributed by atoms with E-state index >= 15 is 0 Å². The number of fused-ring (bicyclic) bond motifs is 3. The number of aromatic nitrogens is 3. The lowest BCUT2D eigenvalue weighted by Crippen LogP contribution is -2.08. The molecule has 4 rings (SSSR count). The number of benzene rings is 1. The molecule has 3 aromatic heterocycles. The number of hydrogen-bond acceptors (Lipinski definition) is 5. The molecule has 0 saturated carbocycles. The molecule has 1 aromatic carbocycles. The fourth-order valence-electron chi connectivity index (χ4n) is 3.00. The molecule has 0 aliphatic rings. The summed E-state index contributed by atoms with van der Waals surface area (Å²) < 4.78 is 1.98. The Morgan fingerprint density at radius 2 is 2.00 bits per heavy atom. The number of nitrogen functional groups attached to an aromatic ring is 1. The molecule has 25 heavy (non-hydrogen) atoms. The fourth-order valence-corrected chi connectivity index (χ4v) is 3.00. The monoisotopic (exact) mass is 328 g/mol. The van der Waals surface area contributed by atoms with Gasteiger partial charge in [0, 0.05) is 0 Å². The molecule has 3 heterocycles. The van der Waals surface area contributed by atoms with Crippen LogP contribution in [0.1, 0.15) is 16.8 Å². The quantitative estimate of drug-likeness (QED) is 0.602. The number of para-hydroxylation sites is 2. The second-order valence-corrected chi connectivity index (χ2v) is 5.87. The number of nitrogens with two attached hydrogens (primary N) is 1. The standard InChI is InChI=1S/C19H16N6/c1-12-9-18(22-11-13-5-4-8-17(21)23-13)25-16-7-3-2-6-15(16)24-19(25)14(12)10-20/h2-9,22H,11H2,1H3,(H2,21,23). The van der Waals surface area contributed by atoms with Crippen molar-refractivity contribution in [2.45, 2.75) is 13.5 Å². The zero-order chi connectivity index (χ0) is 17.4. The maximum Gasteiger partial charge on any atom is 0.157 e. The minimum atomic E-state index is 0.494. The third-order valence-electron chi connectivity index (χ3n) is 4.16. The summed E-state index contributed by atoms with van der Waals surface area (Å²) in [6.45, 7) is 2.44. The van der Waals surface area contributed by atoms with Gasteiger partial charge in [-0.05, 0) is 42.8 Å². The smallest absolute Gasteiger partial charge is 0.157 e. The van der Waals surface area contributed by atoms with Crippen molar-refractivity contribution in [1.29, 1.82) is 5.26 Å². The van der Waals surface area contributed by atoms with Crippen LogP contribution in [0.2, 0.25) is 0 Å². The largest absolute Gasteiger partial charge is 0.384 e. The molecule has 0 saturated heterocycles. The van der Waals surface area contributed by atoms with Crippen molar-refractivity contribution in [1.82, 2.24) is 14.4 Å². The molecule has 3 N–H and O–H groups in total. The summed E-state index contributed by atoms with van der Waals surface area (Å²) in [6.07, 6.45) is 0. The minimum Gasteiger partial charge on any atom is -0.384 e. The van der Waals surface area contributed by atoms with Gasteiger partial charge in [0.25, 0.3) is 0 Å². The maximum absolute atomic E-state index is 9.52. The lowest BCUT2D eigenvalue weighted by molar-refractivity contribution is 1.02. The van der Waals surface area contributed by atoms with Gasteiger partial charge in [-0.25, -0.2) is 9.97 Å². The predicted octanol–water partition coefficient (Wildman–Crippen LogP) is 3.26. The summed E-state index contributed by atoms with van der Waals surface area (Å²) in [5.41, 5.74) is 10.5. The van der Waals surface area contributed by atoms with Crippen molar-refractivity contribution in [2.75, 3.05) is 11.1 Å². The van der Waals surface area contributed by atoms with E-state index in [-0.39, 0.29) is 0 Å². The number of anilines is 2. The van der Waals surface area contributed by atoms with Crippen LogP contribution in [0.3, 0.4) is 0 Å². The van der Waals surface area contributed by atoms with E-state index in [0.29, 0.717) is 23.6 Å². The van der Waals surface area contributed by atoms with Gasteiger partial charge in [0.2, 0.25) is 0 Å². The Bertz CT molecular complexity index is 1140. The van der Waals surface area contributed by atoms with Crippen LogP contribution in [0.5, 0.6) is 0 Å². The average Bonchev–Trinajstić information content (AvgIpc) is 2.99. The lowest BCUT2D eigenvalue weighted by Gasteiger charge is -2.12. The Labute approximate surface area is 144 Å². The second-order valence-electron chi connectivity index (χ2n) is 5.87. The van der Waals surface area contributed by atoms with Crippen LogP contribution in [-0.4, -0.2) is 14.4 Å². The van der Waals surface area contributed by atoms with E-state index in [4.69, 9.17) is 5.73 Å². The van der Waals surface area contributed by atoms with Crippen LogP contribution in [0.25, 0.3) is 16.7 Å².